The summed E-state index contributed by atoms with van der Waals surface area (Å²) >= 11 is 0. The Morgan fingerprint density at radius 3 is 2.42 bits per heavy atom. The van der Waals surface area contributed by atoms with Crippen LogP contribution in [0.4, 0.5) is 23.2 Å². The molecular formula is C6H4F4N2. The van der Waals surface area contributed by atoms with Crippen LogP contribution in [0.15, 0.2) is 6.20 Å². The monoisotopic (exact) mass is 180 g/mol. The van der Waals surface area contributed by atoms with Crippen molar-refractivity contribution in [3.63, 3.8) is 0 Å². The molecule has 0 radical (unpaired) electrons. The quantitative estimate of drug-likeness (QED) is 0.670. The highest BCUT2D eigenvalue weighted by Gasteiger charge is 2.19. The van der Waals surface area contributed by atoms with Gasteiger partial charge in [0.05, 0.1) is 6.20 Å². The van der Waals surface area contributed by atoms with E-state index in [4.69, 9.17) is 5.73 Å². The highest BCUT2D eigenvalue weighted by molar-refractivity contribution is 5.41. The molecule has 0 saturated carbocycles. The molecule has 0 aliphatic carbocycles. The molecule has 2 N–H and O–H groups in total. The Kier molecular flexibility index (Phi) is 2.16. The van der Waals surface area contributed by atoms with Crippen LogP contribution in [0.3, 0.4) is 0 Å². The van der Waals surface area contributed by atoms with Crippen LogP contribution in [-0.2, 0) is 0 Å². The van der Waals surface area contributed by atoms with Crippen molar-refractivity contribution in [2.75, 3.05) is 5.73 Å². The van der Waals surface area contributed by atoms with Crippen LogP contribution in [0.1, 0.15) is 12.1 Å². The zero-order valence-corrected chi connectivity index (χ0v) is 5.69. The smallest absolute Gasteiger partial charge is 0.283 e. The summed E-state index contributed by atoms with van der Waals surface area (Å²) in [6.45, 7) is 0. The van der Waals surface area contributed by atoms with Gasteiger partial charge in [0.25, 0.3) is 6.43 Å². The Labute approximate surface area is 65.0 Å². The van der Waals surface area contributed by atoms with E-state index >= 15 is 0 Å². The first-order chi connectivity index (χ1) is 5.54. The number of pyridine rings is 1. The van der Waals surface area contributed by atoms with E-state index in [1.165, 1.54) is 0 Å². The fraction of sp³-hybridized carbons (Fsp3) is 0.167. The minimum absolute atomic E-state index is 0.458. The van der Waals surface area contributed by atoms with Gasteiger partial charge in [-0.15, -0.1) is 0 Å². The molecule has 0 fully saturated rings. The maximum absolute atomic E-state index is 12.6. The van der Waals surface area contributed by atoms with Crippen LogP contribution in [0.5, 0.6) is 0 Å². The molecule has 12 heavy (non-hydrogen) atoms. The van der Waals surface area contributed by atoms with E-state index in [0.29, 0.717) is 6.20 Å². The molecule has 1 rings (SSSR count). The second-order valence-electron chi connectivity index (χ2n) is 2.02. The number of rotatable bonds is 1. The molecule has 0 aliphatic rings. The molecule has 1 aromatic rings. The van der Waals surface area contributed by atoms with Gasteiger partial charge >= 0.3 is 0 Å². The Bertz CT molecular complexity index is 300. The van der Waals surface area contributed by atoms with Crippen LogP contribution >= 0.6 is 0 Å². The van der Waals surface area contributed by atoms with Crippen LogP contribution < -0.4 is 5.73 Å². The Balaban J connectivity index is 3.27. The first-order valence-electron chi connectivity index (χ1n) is 2.91. The third-order valence-electron chi connectivity index (χ3n) is 1.24. The fourth-order valence-electron chi connectivity index (χ4n) is 0.647. The third-order valence-corrected chi connectivity index (χ3v) is 1.24. The van der Waals surface area contributed by atoms with Gasteiger partial charge in [0.2, 0.25) is 0 Å². The van der Waals surface area contributed by atoms with Crippen molar-refractivity contribution in [3.8, 4) is 0 Å². The molecule has 0 unspecified atom stereocenters. The van der Waals surface area contributed by atoms with Gasteiger partial charge < -0.3 is 5.73 Å². The third kappa shape index (κ3) is 1.32. The van der Waals surface area contributed by atoms with Gasteiger partial charge in [-0.1, -0.05) is 0 Å². The highest BCUT2D eigenvalue weighted by Crippen LogP contribution is 2.24. The van der Waals surface area contributed by atoms with Crippen molar-refractivity contribution in [2.24, 2.45) is 0 Å². The first-order valence-corrected chi connectivity index (χ1v) is 2.91. The molecule has 0 saturated heterocycles. The minimum Gasteiger partial charge on any atom is -0.394 e. The van der Waals surface area contributed by atoms with Crippen LogP contribution in [0.2, 0.25) is 0 Å². The summed E-state index contributed by atoms with van der Waals surface area (Å²) in [7, 11) is 0. The number of hydrogen-bond donors (Lipinski definition) is 1. The number of nitrogens with two attached hydrogens (primary N) is 1. The largest absolute Gasteiger partial charge is 0.394 e. The summed E-state index contributed by atoms with van der Waals surface area (Å²) in [4.78, 5) is 2.86. The molecule has 0 amide bonds. The summed E-state index contributed by atoms with van der Waals surface area (Å²) in [5, 5.41) is 0. The Morgan fingerprint density at radius 2 is 1.92 bits per heavy atom. The molecule has 6 heteroatoms. The van der Waals surface area contributed by atoms with Gasteiger partial charge in [-0.2, -0.15) is 0 Å². The molecule has 1 heterocycles. The predicted octanol–water partition coefficient (Wildman–Crippen LogP) is 1.88. The second kappa shape index (κ2) is 2.96. The number of nitrogen functional groups attached to an aromatic ring is 1. The lowest BCUT2D eigenvalue weighted by Crippen LogP contribution is -2.03. The van der Waals surface area contributed by atoms with E-state index < -0.39 is 29.4 Å². The zero-order chi connectivity index (χ0) is 9.30. The van der Waals surface area contributed by atoms with Crippen molar-refractivity contribution in [1.29, 1.82) is 0 Å². The normalized spacial score (nSPS) is 10.8. The Morgan fingerprint density at radius 1 is 1.33 bits per heavy atom. The minimum atomic E-state index is -3.09. The maximum atomic E-state index is 12.6. The lowest BCUT2D eigenvalue weighted by atomic mass is 10.3. The summed E-state index contributed by atoms with van der Waals surface area (Å²) in [6, 6.07) is 0. The van der Waals surface area contributed by atoms with E-state index in [1.54, 1.807) is 0 Å². The van der Waals surface area contributed by atoms with E-state index in [9.17, 15) is 17.6 Å². The van der Waals surface area contributed by atoms with Crippen molar-refractivity contribution in [2.45, 2.75) is 6.43 Å². The number of halogens is 4. The molecule has 0 aromatic carbocycles. The van der Waals surface area contributed by atoms with Crippen LogP contribution in [0, 0.1) is 11.6 Å². The molecule has 0 bridgehead atoms. The average Bonchev–Trinajstić information content (AvgIpc) is 2.00. The average molecular weight is 180 g/mol. The number of aromatic nitrogens is 1. The molecular weight excluding hydrogens is 176 g/mol. The summed E-state index contributed by atoms with van der Waals surface area (Å²) in [6.07, 6.45) is -2.63. The number of nitrogens with zero attached hydrogens (tertiary/aromatic N) is 1. The summed E-state index contributed by atoms with van der Waals surface area (Å²) in [5.74, 6) is -2.64. The van der Waals surface area contributed by atoms with Crippen molar-refractivity contribution in [1.82, 2.24) is 4.98 Å². The van der Waals surface area contributed by atoms with Crippen molar-refractivity contribution < 1.29 is 17.6 Å². The zero-order valence-electron chi connectivity index (χ0n) is 5.69. The van der Waals surface area contributed by atoms with Gasteiger partial charge in [0.1, 0.15) is 11.4 Å². The SMILES string of the molecule is Nc1c(F)cnc(C(F)F)c1F. The molecule has 0 atom stereocenters. The van der Waals surface area contributed by atoms with Crippen molar-refractivity contribution in [3.05, 3.63) is 23.5 Å². The lowest BCUT2D eigenvalue weighted by molar-refractivity contribution is 0.140. The number of hydrogen-bond acceptors (Lipinski definition) is 2. The van der Waals surface area contributed by atoms with Crippen LogP contribution in [-0.4, -0.2) is 4.98 Å². The van der Waals surface area contributed by atoms with Gasteiger partial charge in [-0.25, -0.2) is 22.5 Å². The van der Waals surface area contributed by atoms with E-state index in [0.717, 1.165) is 0 Å². The summed E-state index contributed by atoms with van der Waals surface area (Å²) < 4.78 is 48.7. The van der Waals surface area contributed by atoms with E-state index in [1.807, 2.05) is 0 Å². The standard InChI is InChI=1S/C6H4F4N2/c7-2-1-12-5(6(9)10)3(8)4(2)11/h1,6H,(H2,11,12). The van der Waals surface area contributed by atoms with Crippen molar-refractivity contribution >= 4 is 5.69 Å². The first kappa shape index (κ1) is 8.76. The van der Waals surface area contributed by atoms with Gasteiger partial charge in [0.15, 0.2) is 11.6 Å². The maximum Gasteiger partial charge on any atom is 0.283 e. The molecule has 2 nitrogen and oxygen atoms in total. The molecule has 0 spiro atoms. The highest BCUT2D eigenvalue weighted by atomic mass is 19.3. The fourth-order valence-corrected chi connectivity index (χ4v) is 0.647. The molecule has 1 aromatic heterocycles. The summed E-state index contributed by atoms with van der Waals surface area (Å²) in [5.41, 5.74) is 2.74. The molecule has 66 valence electrons. The van der Waals surface area contributed by atoms with Crippen LogP contribution in [0.25, 0.3) is 0 Å². The topological polar surface area (TPSA) is 38.9 Å². The van der Waals surface area contributed by atoms with Gasteiger partial charge in [0, 0.05) is 0 Å². The predicted molar refractivity (Wildman–Crippen MR) is 33.5 cm³/mol. The van der Waals surface area contributed by atoms with Gasteiger partial charge in [-0.3, -0.25) is 0 Å². The lowest BCUT2D eigenvalue weighted by Gasteiger charge is -2.02. The number of alkyl halides is 2. The Hall–Kier alpha value is -1.33. The van der Waals surface area contributed by atoms with Gasteiger partial charge in [-0.05, 0) is 0 Å². The second-order valence-corrected chi connectivity index (χ2v) is 2.02. The number of anilines is 1. The van der Waals surface area contributed by atoms with E-state index in [-0.39, 0.29) is 0 Å². The molecule has 0 aliphatic heterocycles. The van der Waals surface area contributed by atoms with E-state index in [2.05, 4.69) is 4.98 Å².